The zero-order valence-corrected chi connectivity index (χ0v) is 17.2. The Balaban J connectivity index is 2.81. The van der Waals surface area contributed by atoms with Crippen molar-refractivity contribution in [2.24, 2.45) is 0 Å². The van der Waals surface area contributed by atoms with Crippen molar-refractivity contribution in [3.8, 4) is 11.6 Å². The smallest absolute Gasteiger partial charge is 0.253 e. The zero-order chi connectivity index (χ0) is 17.4. The van der Waals surface area contributed by atoms with Crippen LogP contribution in [0.15, 0.2) is 33.3 Å². The fourth-order valence-electron chi connectivity index (χ4n) is 4.22. The van der Waals surface area contributed by atoms with Gasteiger partial charge in [-0.1, -0.05) is 53.7 Å². The lowest BCUT2D eigenvalue weighted by Crippen LogP contribution is -2.67. The number of rotatable bonds is 5. The van der Waals surface area contributed by atoms with E-state index in [0.717, 1.165) is 15.5 Å². The summed E-state index contributed by atoms with van der Waals surface area (Å²) in [6, 6.07) is 7.80. The second kappa shape index (κ2) is 6.77. The molecule has 2 aromatic rings. The minimum Gasteiger partial charge on any atom is -0.539 e. The number of nitrogens with zero attached hydrogens (tertiary/aromatic N) is 2. The van der Waals surface area contributed by atoms with E-state index in [2.05, 4.69) is 62.7 Å². The Bertz CT molecular complexity index is 661. The Morgan fingerprint density at radius 2 is 1.57 bits per heavy atom. The Labute approximate surface area is 147 Å². The highest BCUT2D eigenvalue weighted by molar-refractivity contribution is 9.10. The maximum Gasteiger partial charge on any atom is 0.253 e. The van der Waals surface area contributed by atoms with E-state index in [-0.39, 0.29) is 5.95 Å². The van der Waals surface area contributed by atoms with Crippen molar-refractivity contribution in [3.63, 3.8) is 0 Å². The summed E-state index contributed by atoms with van der Waals surface area (Å²) in [6.07, 6.45) is 0. The van der Waals surface area contributed by atoms with Crippen LogP contribution in [0.5, 0.6) is 5.95 Å². The molecule has 23 heavy (non-hydrogen) atoms. The Kier molecular flexibility index (Phi) is 5.36. The van der Waals surface area contributed by atoms with Crippen LogP contribution in [0, 0.1) is 0 Å². The average Bonchev–Trinajstić information content (AvgIpc) is 2.81. The van der Waals surface area contributed by atoms with E-state index in [0.29, 0.717) is 16.6 Å². The third kappa shape index (κ3) is 2.87. The fraction of sp³-hybridized carbons (Fsp3) is 0.529. The highest BCUT2D eigenvalue weighted by atomic mass is 79.9. The van der Waals surface area contributed by atoms with Gasteiger partial charge < -0.3 is 9.63 Å². The average molecular weight is 397 g/mol. The number of hydrogen-bond acceptors (Lipinski definition) is 3. The first-order valence-corrected chi connectivity index (χ1v) is 11.1. The summed E-state index contributed by atoms with van der Waals surface area (Å²) >= 11 is 3.57. The van der Waals surface area contributed by atoms with Gasteiger partial charge in [0.15, 0.2) is 8.07 Å². The second-order valence-electron chi connectivity index (χ2n) is 6.97. The Hall–Kier alpha value is -1.14. The first-order chi connectivity index (χ1) is 10.7. The lowest BCUT2D eigenvalue weighted by molar-refractivity contribution is -0.655. The molecule has 0 N–H and O–H groups in total. The van der Waals surface area contributed by atoms with Crippen molar-refractivity contribution in [3.05, 3.63) is 28.7 Å². The van der Waals surface area contributed by atoms with Crippen LogP contribution in [0.4, 0.5) is 0 Å². The van der Waals surface area contributed by atoms with Crippen LogP contribution in [0.25, 0.3) is 5.69 Å². The minimum atomic E-state index is -2.17. The fourth-order valence-corrected chi connectivity index (χ4v) is 11.2. The van der Waals surface area contributed by atoms with E-state index in [1.54, 1.807) is 4.68 Å². The van der Waals surface area contributed by atoms with Crippen LogP contribution in [-0.2, 0) is 0 Å². The molecule has 0 aliphatic heterocycles. The molecule has 2 rings (SSSR count). The number of hydrogen-bond donors (Lipinski definition) is 0. The molecule has 0 spiro atoms. The molecule has 0 unspecified atom stereocenters. The quantitative estimate of drug-likeness (QED) is 0.571. The predicted octanol–water partition coefficient (Wildman–Crippen LogP) is 3.67. The molecule has 0 aliphatic carbocycles. The van der Waals surface area contributed by atoms with E-state index in [9.17, 15) is 5.11 Å². The summed E-state index contributed by atoms with van der Waals surface area (Å²) in [5.74, 6) is -0.288. The normalized spacial score (nSPS) is 12.6. The topological polar surface area (TPSA) is 53.0 Å². The standard InChI is InChI=1S/C17H25BrN2O2Si/c1-11(2)23(12(3)4,13(5)6)16-17(21)22-19-20(16)15-10-8-7-9-14(15)18/h7-13H,1-6H3. The van der Waals surface area contributed by atoms with Crippen molar-refractivity contribution in [1.29, 1.82) is 0 Å². The van der Waals surface area contributed by atoms with Crippen LogP contribution in [0.3, 0.4) is 0 Å². The molecule has 0 aliphatic rings. The molecule has 1 aromatic carbocycles. The van der Waals surface area contributed by atoms with Crippen molar-refractivity contribution in [2.45, 2.75) is 58.2 Å². The summed E-state index contributed by atoms with van der Waals surface area (Å²) in [4.78, 5) is 0. The van der Waals surface area contributed by atoms with Gasteiger partial charge in [-0.3, -0.25) is 0 Å². The van der Waals surface area contributed by atoms with Crippen LogP contribution in [0.1, 0.15) is 41.5 Å². The molecule has 0 fully saturated rings. The number of para-hydroxylation sites is 1. The highest BCUT2D eigenvalue weighted by Gasteiger charge is 2.53. The van der Waals surface area contributed by atoms with E-state index in [1.807, 2.05) is 24.3 Å². The lowest BCUT2D eigenvalue weighted by atomic mass is 10.3. The van der Waals surface area contributed by atoms with Gasteiger partial charge in [-0.25, -0.2) is 0 Å². The molecule has 6 heteroatoms. The maximum atomic E-state index is 12.7. The summed E-state index contributed by atoms with van der Waals surface area (Å²) in [6.45, 7) is 13.4. The molecule has 126 valence electrons. The molecule has 1 aromatic heterocycles. The predicted molar refractivity (Wildman–Crippen MR) is 95.9 cm³/mol. The Morgan fingerprint density at radius 1 is 1.04 bits per heavy atom. The van der Waals surface area contributed by atoms with Crippen LogP contribution in [-0.4, -0.2) is 13.3 Å². The summed E-state index contributed by atoms with van der Waals surface area (Å²) < 4.78 is 7.77. The van der Waals surface area contributed by atoms with Gasteiger partial charge in [0.2, 0.25) is 5.32 Å². The molecule has 4 nitrogen and oxygen atoms in total. The van der Waals surface area contributed by atoms with E-state index >= 15 is 0 Å². The monoisotopic (exact) mass is 396 g/mol. The van der Waals surface area contributed by atoms with Gasteiger partial charge in [-0.2, -0.15) is 0 Å². The molecule has 0 radical (unpaired) electrons. The first-order valence-electron chi connectivity index (χ1n) is 8.08. The molecular formula is C17H25BrN2O2Si. The third-order valence-corrected chi connectivity index (χ3v) is 12.6. The van der Waals surface area contributed by atoms with Crippen molar-refractivity contribution in [1.82, 2.24) is 5.27 Å². The van der Waals surface area contributed by atoms with Crippen molar-refractivity contribution < 1.29 is 14.3 Å². The summed E-state index contributed by atoms with van der Waals surface area (Å²) in [5.41, 5.74) is 2.07. The van der Waals surface area contributed by atoms with Gasteiger partial charge in [0, 0.05) is 6.07 Å². The van der Waals surface area contributed by atoms with Gasteiger partial charge in [0.1, 0.15) is 5.95 Å². The van der Waals surface area contributed by atoms with Crippen molar-refractivity contribution >= 4 is 29.3 Å². The van der Waals surface area contributed by atoms with Gasteiger partial charge in [-0.05, 0) is 43.3 Å². The van der Waals surface area contributed by atoms with Gasteiger partial charge >= 0.3 is 0 Å². The van der Waals surface area contributed by atoms with Crippen LogP contribution < -0.4 is 15.1 Å². The van der Waals surface area contributed by atoms with E-state index < -0.39 is 8.07 Å². The van der Waals surface area contributed by atoms with Crippen molar-refractivity contribution in [2.75, 3.05) is 0 Å². The number of halogens is 1. The largest absolute Gasteiger partial charge is 0.539 e. The van der Waals surface area contributed by atoms with Crippen LogP contribution >= 0.6 is 15.9 Å². The maximum absolute atomic E-state index is 12.7. The SMILES string of the molecule is CC(C)[Si](c1c([O-])on[n+]1-c1ccccc1Br)(C(C)C)C(C)C. The highest BCUT2D eigenvalue weighted by Crippen LogP contribution is 2.41. The molecule has 0 amide bonds. The third-order valence-electron chi connectivity index (χ3n) is 4.97. The van der Waals surface area contributed by atoms with E-state index in [1.165, 1.54) is 0 Å². The van der Waals surface area contributed by atoms with Gasteiger partial charge in [0.25, 0.3) is 5.69 Å². The lowest BCUT2D eigenvalue weighted by Gasteiger charge is -2.39. The molecule has 0 atom stereocenters. The van der Waals surface area contributed by atoms with Gasteiger partial charge in [-0.15, -0.1) is 0 Å². The Morgan fingerprint density at radius 3 is 2.04 bits per heavy atom. The molecule has 0 saturated heterocycles. The number of benzene rings is 1. The number of aromatic nitrogens is 2. The van der Waals surface area contributed by atoms with Crippen LogP contribution in [0.2, 0.25) is 16.6 Å². The minimum absolute atomic E-state index is 0.288. The molecular weight excluding hydrogens is 372 g/mol. The summed E-state index contributed by atoms with van der Waals surface area (Å²) in [7, 11) is -2.17. The molecule has 0 bridgehead atoms. The summed E-state index contributed by atoms with van der Waals surface area (Å²) in [5, 5.41) is 17.5. The zero-order valence-electron chi connectivity index (χ0n) is 14.6. The second-order valence-corrected chi connectivity index (χ2v) is 13.6. The van der Waals surface area contributed by atoms with Gasteiger partial charge in [0.05, 0.1) is 9.74 Å². The molecule has 0 saturated carbocycles. The molecule has 1 heterocycles. The first kappa shape index (κ1) is 18.2. The van der Waals surface area contributed by atoms with E-state index in [4.69, 9.17) is 4.52 Å².